The maximum absolute atomic E-state index is 11.8. The second-order valence-electron chi connectivity index (χ2n) is 4.41. The molecule has 1 aromatic carbocycles. The van der Waals surface area contributed by atoms with E-state index < -0.39 is 0 Å². The third kappa shape index (κ3) is 3.81. The second kappa shape index (κ2) is 6.00. The van der Waals surface area contributed by atoms with E-state index in [9.17, 15) is 9.90 Å². The van der Waals surface area contributed by atoms with Gasteiger partial charge in [-0.05, 0) is 48.7 Å². The Morgan fingerprint density at radius 1 is 1.37 bits per heavy atom. The van der Waals surface area contributed by atoms with Crippen LogP contribution in [0.1, 0.15) is 17.5 Å². The van der Waals surface area contributed by atoms with Crippen LogP contribution in [-0.2, 0) is 11.2 Å². The van der Waals surface area contributed by atoms with Gasteiger partial charge in [0.1, 0.15) is 5.75 Å². The summed E-state index contributed by atoms with van der Waals surface area (Å²) in [6, 6.07) is 8.81. The molecule has 4 nitrogen and oxygen atoms in total. The summed E-state index contributed by atoms with van der Waals surface area (Å²) in [5, 5.41) is 12.2. The summed E-state index contributed by atoms with van der Waals surface area (Å²) in [6.45, 7) is 1.79. The number of pyridine rings is 1. The van der Waals surface area contributed by atoms with Crippen LogP contribution < -0.4 is 5.32 Å². The highest BCUT2D eigenvalue weighted by atomic mass is 16.3. The van der Waals surface area contributed by atoms with Crippen LogP contribution in [0, 0.1) is 6.92 Å². The van der Waals surface area contributed by atoms with Gasteiger partial charge >= 0.3 is 0 Å². The van der Waals surface area contributed by atoms with E-state index in [1.807, 2.05) is 12.1 Å². The number of aromatic hydroxyl groups is 1. The van der Waals surface area contributed by atoms with Gasteiger partial charge in [0.05, 0.1) is 0 Å². The predicted octanol–water partition coefficient (Wildman–Crippen LogP) is 2.67. The molecular weight excluding hydrogens is 240 g/mol. The largest absolute Gasteiger partial charge is 0.508 e. The number of aryl methyl sites for hydroxylation is 2. The molecule has 0 spiro atoms. The third-order valence-electron chi connectivity index (χ3n) is 2.84. The fourth-order valence-electron chi connectivity index (χ4n) is 1.76. The molecule has 0 unspecified atom stereocenters. The van der Waals surface area contributed by atoms with Gasteiger partial charge < -0.3 is 10.4 Å². The minimum atomic E-state index is -0.0473. The van der Waals surface area contributed by atoms with Crippen LogP contribution in [0.25, 0.3) is 0 Å². The highest BCUT2D eigenvalue weighted by Crippen LogP contribution is 2.20. The molecule has 0 saturated heterocycles. The van der Waals surface area contributed by atoms with E-state index in [4.69, 9.17) is 0 Å². The van der Waals surface area contributed by atoms with E-state index in [1.54, 1.807) is 37.5 Å². The zero-order valence-corrected chi connectivity index (χ0v) is 10.8. The van der Waals surface area contributed by atoms with Crippen LogP contribution in [-0.4, -0.2) is 16.0 Å². The number of phenols is 1. The molecule has 2 aromatic rings. The van der Waals surface area contributed by atoms with Crippen molar-refractivity contribution in [2.75, 3.05) is 5.32 Å². The molecule has 0 atom stereocenters. The summed E-state index contributed by atoms with van der Waals surface area (Å²) in [6.07, 6.45) is 4.54. The van der Waals surface area contributed by atoms with Crippen molar-refractivity contribution in [2.45, 2.75) is 19.8 Å². The number of carbonyl (C=O) groups is 1. The number of carbonyl (C=O) groups excluding carboxylic acids is 1. The van der Waals surface area contributed by atoms with Gasteiger partial charge in [0.15, 0.2) is 0 Å². The Hall–Kier alpha value is -2.36. The summed E-state index contributed by atoms with van der Waals surface area (Å²) in [4.78, 5) is 15.8. The molecule has 0 saturated carbocycles. The molecule has 0 bridgehead atoms. The predicted molar refractivity (Wildman–Crippen MR) is 74.0 cm³/mol. The number of amides is 1. The second-order valence-corrected chi connectivity index (χ2v) is 4.41. The first-order chi connectivity index (χ1) is 9.15. The van der Waals surface area contributed by atoms with Crippen LogP contribution in [0.15, 0.2) is 42.7 Å². The Labute approximate surface area is 112 Å². The number of phenolic OH excluding ortho intramolecular Hbond substituents is 1. The average molecular weight is 256 g/mol. The van der Waals surface area contributed by atoms with E-state index in [0.717, 1.165) is 11.1 Å². The van der Waals surface area contributed by atoms with E-state index >= 15 is 0 Å². The molecule has 98 valence electrons. The van der Waals surface area contributed by atoms with Crippen LogP contribution in [0.2, 0.25) is 0 Å². The number of aromatic nitrogens is 1. The summed E-state index contributed by atoms with van der Waals surface area (Å²) in [5.74, 6) is 0.183. The molecule has 1 amide bonds. The van der Waals surface area contributed by atoms with E-state index in [2.05, 4.69) is 10.3 Å². The Morgan fingerprint density at radius 2 is 2.21 bits per heavy atom. The minimum absolute atomic E-state index is 0.0473. The normalized spacial score (nSPS) is 10.2. The smallest absolute Gasteiger partial charge is 0.224 e. The van der Waals surface area contributed by atoms with Crippen LogP contribution in [0.4, 0.5) is 5.69 Å². The van der Waals surface area contributed by atoms with Gasteiger partial charge in [-0.3, -0.25) is 9.78 Å². The first-order valence-corrected chi connectivity index (χ1v) is 6.13. The highest BCUT2D eigenvalue weighted by molar-refractivity contribution is 5.91. The lowest BCUT2D eigenvalue weighted by Crippen LogP contribution is -2.12. The van der Waals surface area contributed by atoms with Gasteiger partial charge in [0, 0.05) is 24.5 Å². The van der Waals surface area contributed by atoms with Crippen molar-refractivity contribution < 1.29 is 9.90 Å². The number of hydrogen-bond donors (Lipinski definition) is 2. The number of nitrogens with one attached hydrogen (secondary N) is 1. The molecule has 19 heavy (non-hydrogen) atoms. The number of benzene rings is 1. The number of nitrogens with zero attached hydrogens (tertiary/aromatic N) is 1. The molecule has 0 aliphatic rings. The number of anilines is 1. The van der Waals surface area contributed by atoms with E-state index in [-0.39, 0.29) is 11.7 Å². The van der Waals surface area contributed by atoms with Crippen LogP contribution >= 0.6 is 0 Å². The molecule has 0 fully saturated rings. The van der Waals surface area contributed by atoms with Gasteiger partial charge in [-0.15, -0.1) is 0 Å². The Morgan fingerprint density at radius 3 is 2.89 bits per heavy atom. The SMILES string of the molecule is Cc1cc(NC(=O)CCc2cccnc2)ccc1O. The lowest BCUT2D eigenvalue weighted by molar-refractivity contribution is -0.116. The Bertz CT molecular complexity index is 568. The summed E-state index contributed by atoms with van der Waals surface area (Å²) in [7, 11) is 0. The molecule has 1 heterocycles. The van der Waals surface area contributed by atoms with Crippen molar-refractivity contribution in [3.63, 3.8) is 0 Å². The van der Waals surface area contributed by atoms with Gasteiger partial charge in [-0.25, -0.2) is 0 Å². The van der Waals surface area contributed by atoms with Gasteiger partial charge in [0.2, 0.25) is 5.91 Å². The maximum atomic E-state index is 11.8. The van der Waals surface area contributed by atoms with Crippen molar-refractivity contribution in [1.29, 1.82) is 0 Å². The highest BCUT2D eigenvalue weighted by Gasteiger charge is 2.04. The van der Waals surface area contributed by atoms with Crippen molar-refractivity contribution in [1.82, 2.24) is 4.98 Å². The standard InChI is InChI=1S/C15H16N2O2/c1-11-9-13(5-6-14(11)18)17-15(19)7-4-12-3-2-8-16-10-12/h2-3,5-6,8-10,18H,4,7H2,1H3,(H,17,19). The van der Waals surface area contributed by atoms with E-state index in [0.29, 0.717) is 18.5 Å². The fourth-order valence-corrected chi connectivity index (χ4v) is 1.76. The van der Waals surface area contributed by atoms with Gasteiger partial charge in [-0.2, -0.15) is 0 Å². The minimum Gasteiger partial charge on any atom is -0.508 e. The quantitative estimate of drug-likeness (QED) is 0.827. The first-order valence-electron chi connectivity index (χ1n) is 6.13. The molecule has 0 radical (unpaired) electrons. The molecule has 0 aliphatic carbocycles. The first kappa shape index (κ1) is 13.1. The van der Waals surface area contributed by atoms with Crippen LogP contribution in [0.3, 0.4) is 0 Å². The van der Waals surface area contributed by atoms with Crippen molar-refractivity contribution >= 4 is 11.6 Å². The molecule has 0 aliphatic heterocycles. The summed E-state index contributed by atoms with van der Waals surface area (Å²) < 4.78 is 0. The number of rotatable bonds is 4. The molecule has 2 N–H and O–H groups in total. The topological polar surface area (TPSA) is 62.2 Å². The third-order valence-corrected chi connectivity index (χ3v) is 2.84. The van der Waals surface area contributed by atoms with Crippen LogP contribution in [0.5, 0.6) is 5.75 Å². The monoisotopic (exact) mass is 256 g/mol. The Balaban J connectivity index is 1.89. The lowest BCUT2D eigenvalue weighted by Gasteiger charge is -2.07. The number of hydrogen-bond acceptors (Lipinski definition) is 3. The van der Waals surface area contributed by atoms with Gasteiger partial charge in [-0.1, -0.05) is 6.07 Å². The van der Waals surface area contributed by atoms with E-state index in [1.165, 1.54) is 0 Å². The summed E-state index contributed by atoms with van der Waals surface area (Å²) in [5.41, 5.74) is 2.48. The van der Waals surface area contributed by atoms with Crippen molar-refractivity contribution in [3.8, 4) is 5.75 Å². The average Bonchev–Trinajstić information content (AvgIpc) is 2.42. The lowest BCUT2D eigenvalue weighted by atomic mass is 10.1. The fraction of sp³-hybridized carbons (Fsp3) is 0.200. The zero-order chi connectivity index (χ0) is 13.7. The zero-order valence-electron chi connectivity index (χ0n) is 10.8. The summed E-state index contributed by atoms with van der Waals surface area (Å²) >= 11 is 0. The van der Waals surface area contributed by atoms with Crippen molar-refractivity contribution in [2.24, 2.45) is 0 Å². The Kier molecular flexibility index (Phi) is 4.13. The molecular formula is C15H16N2O2. The van der Waals surface area contributed by atoms with Gasteiger partial charge in [0.25, 0.3) is 0 Å². The van der Waals surface area contributed by atoms with Crippen molar-refractivity contribution in [3.05, 3.63) is 53.9 Å². The maximum Gasteiger partial charge on any atom is 0.224 e. The molecule has 2 rings (SSSR count). The molecule has 1 aromatic heterocycles. The molecule has 4 heteroatoms.